The number of aryl methyl sites for hydroxylation is 1. The van der Waals surface area contributed by atoms with Crippen LogP contribution in [0.25, 0.3) is 0 Å². The van der Waals surface area contributed by atoms with E-state index in [2.05, 4.69) is 25.7 Å². The van der Waals surface area contributed by atoms with Gasteiger partial charge in [-0.25, -0.2) is 0 Å². The number of aromatic nitrogens is 4. The Morgan fingerprint density at radius 1 is 1.40 bits per heavy atom. The minimum Gasteiger partial charge on any atom is -0.382 e. The zero-order valence-corrected chi connectivity index (χ0v) is 8.14. The highest BCUT2D eigenvalue weighted by atomic mass is 16.5. The summed E-state index contributed by atoms with van der Waals surface area (Å²) < 4.78 is 4.91. The van der Waals surface area contributed by atoms with Gasteiger partial charge in [-0.05, 0) is 19.1 Å². The molecule has 0 saturated heterocycles. The summed E-state index contributed by atoms with van der Waals surface area (Å²) in [5, 5.41) is 14.2. The predicted molar refractivity (Wildman–Crippen MR) is 52.8 cm³/mol. The molecule has 0 aliphatic carbocycles. The van der Waals surface area contributed by atoms with Gasteiger partial charge < -0.3 is 15.6 Å². The predicted octanol–water partition coefficient (Wildman–Crippen LogP) is 0.362. The van der Waals surface area contributed by atoms with Gasteiger partial charge in [-0.1, -0.05) is 5.16 Å². The molecule has 3 N–H and O–H groups in total. The van der Waals surface area contributed by atoms with Gasteiger partial charge in [0.25, 0.3) is 0 Å². The molecular formula is C8H10N6O. The standard InChI is InChI=1S/C8H10N6O/c1-5-11-8(15-14-5)4-10-7-3-2-6(9)12-13-7/h2-3H,4H2,1H3,(H2,9,12)(H,10,13). The molecule has 0 aliphatic heterocycles. The zero-order chi connectivity index (χ0) is 10.7. The molecule has 0 bridgehead atoms. The fourth-order valence-corrected chi connectivity index (χ4v) is 1.01. The Morgan fingerprint density at radius 3 is 2.87 bits per heavy atom. The minimum absolute atomic E-state index is 0.384. The van der Waals surface area contributed by atoms with Crippen LogP contribution in [0.1, 0.15) is 11.7 Å². The highest BCUT2D eigenvalue weighted by Crippen LogP contribution is 2.04. The number of rotatable bonds is 3. The Morgan fingerprint density at radius 2 is 2.27 bits per heavy atom. The third kappa shape index (κ3) is 2.39. The third-order valence-corrected chi connectivity index (χ3v) is 1.68. The number of hydrogen-bond donors (Lipinski definition) is 2. The van der Waals surface area contributed by atoms with Crippen LogP contribution in [-0.4, -0.2) is 20.3 Å². The van der Waals surface area contributed by atoms with Gasteiger partial charge in [-0.2, -0.15) is 4.98 Å². The average Bonchev–Trinajstić information content (AvgIpc) is 2.64. The smallest absolute Gasteiger partial charge is 0.245 e. The van der Waals surface area contributed by atoms with Crippen molar-refractivity contribution in [3.05, 3.63) is 23.8 Å². The van der Waals surface area contributed by atoms with Gasteiger partial charge in [0.15, 0.2) is 5.82 Å². The first-order valence-electron chi connectivity index (χ1n) is 4.36. The summed E-state index contributed by atoms with van der Waals surface area (Å²) in [4.78, 5) is 4.03. The molecule has 0 unspecified atom stereocenters. The number of nitrogens with one attached hydrogen (secondary N) is 1. The van der Waals surface area contributed by atoms with E-state index >= 15 is 0 Å². The van der Waals surface area contributed by atoms with Gasteiger partial charge in [0.2, 0.25) is 5.89 Å². The second kappa shape index (κ2) is 3.91. The molecule has 0 spiro atoms. The Kier molecular flexibility index (Phi) is 2.44. The molecule has 0 fully saturated rings. The Hall–Kier alpha value is -2.18. The molecule has 0 aliphatic rings. The van der Waals surface area contributed by atoms with Crippen molar-refractivity contribution in [2.24, 2.45) is 0 Å². The number of anilines is 2. The van der Waals surface area contributed by atoms with Crippen LogP contribution in [0.5, 0.6) is 0 Å². The van der Waals surface area contributed by atoms with E-state index < -0.39 is 0 Å². The molecule has 0 saturated carbocycles. The van der Waals surface area contributed by atoms with Gasteiger partial charge in [0.1, 0.15) is 11.6 Å². The topological polar surface area (TPSA) is 103 Å². The number of nitrogen functional groups attached to an aromatic ring is 1. The van der Waals surface area contributed by atoms with Crippen LogP contribution in [-0.2, 0) is 6.54 Å². The summed E-state index contributed by atoms with van der Waals surface area (Å²) in [5.74, 6) is 2.11. The van der Waals surface area contributed by atoms with Gasteiger partial charge in [-0.3, -0.25) is 0 Å². The van der Waals surface area contributed by atoms with Crippen molar-refractivity contribution in [2.45, 2.75) is 13.5 Å². The van der Waals surface area contributed by atoms with E-state index in [1.165, 1.54) is 0 Å². The van der Waals surface area contributed by atoms with E-state index in [-0.39, 0.29) is 0 Å². The highest BCUT2D eigenvalue weighted by Gasteiger charge is 2.02. The van der Waals surface area contributed by atoms with Crippen molar-refractivity contribution in [3.63, 3.8) is 0 Å². The number of hydrogen-bond acceptors (Lipinski definition) is 7. The normalized spacial score (nSPS) is 10.2. The Labute approximate surface area is 85.7 Å². The van der Waals surface area contributed by atoms with E-state index in [0.29, 0.717) is 29.9 Å². The van der Waals surface area contributed by atoms with Gasteiger partial charge in [0.05, 0.1) is 6.54 Å². The third-order valence-electron chi connectivity index (χ3n) is 1.68. The van der Waals surface area contributed by atoms with Crippen LogP contribution in [0.4, 0.5) is 11.6 Å². The lowest BCUT2D eigenvalue weighted by atomic mass is 10.5. The maximum absolute atomic E-state index is 5.40. The summed E-state index contributed by atoms with van der Waals surface area (Å²) in [6.07, 6.45) is 0. The lowest BCUT2D eigenvalue weighted by molar-refractivity contribution is 0.379. The summed E-state index contributed by atoms with van der Waals surface area (Å²) in [7, 11) is 0. The van der Waals surface area contributed by atoms with E-state index in [1.807, 2.05) is 0 Å². The van der Waals surface area contributed by atoms with E-state index in [0.717, 1.165) is 0 Å². The monoisotopic (exact) mass is 206 g/mol. The van der Waals surface area contributed by atoms with Crippen LogP contribution < -0.4 is 11.1 Å². The van der Waals surface area contributed by atoms with Crippen LogP contribution in [0, 0.1) is 6.92 Å². The Balaban J connectivity index is 1.96. The average molecular weight is 206 g/mol. The van der Waals surface area contributed by atoms with Crippen molar-refractivity contribution in [1.29, 1.82) is 0 Å². The zero-order valence-electron chi connectivity index (χ0n) is 8.14. The van der Waals surface area contributed by atoms with Crippen molar-refractivity contribution >= 4 is 11.6 Å². The Bertz CT molecular complexity index is 437. The summed E-state index contributed by atoms with van der Waals surface area (Å²) in [6, 6.07) is 3.39. The molecule has 0 radical (unpaired) electrons. The minimum atomic E-state index is 0.384. The molecule has 2 heterocycles. The molecule has 0 atom stereocenters. The SMILES string of the molecule is Cc1noc(CNc2ccc(N)nn2)n1. The van der Waals surface area contributed by atoms with E-state index in [1.54, 1.807) is 19.1 Å². The van der Waals surface area contributed by atoms with E-state index in [4.69, 9.17) is 10.3 Å². The van der Waals surface area contributed by atoms with Gasteiger partial charge in [0, 0.05) is 0 Å². The molecular weight excluding hydrogens is 196 g/mol. The van der Waals surface area contributed by atoms with Crippen molar-refractivity contribution in [3.8, 4) is 0 Å². The maximum Gasteiger partial charge on any atom is 0.245 e. The molecule has 2 rings (SSSR count). The van der Waals surface area contributed by atoms with Crippen LogP contribution >= 0.6 is 0 Å². The molecule has 0 amide bonds. The molecule has 2 aromatic rings. The molecule has 2 aromatic heterocycles. The molecule has 78 valence electrons. The lowest BCUT2D eigenvalue weighted by Crippen LogP contribution is -2.03. The maximum atomic E-state index is 5.40. The fraction of sp³-hybridized carbons (Fsp3) is 0.250. The molecule has 15 heavy (non-hydrogen) atoms. The van der Waals surface area contributed by atoms with Crippen molar-refractivity contribution in [2.75, 3.05) is 11.1 Å². The molecule has 0 aromatic carbocycles. The summed E-state index contributed by atoms with van der Waals surface area (Å²) in [6.45, 7) is 2.18. The molecule has 7 nitrogen and oxygen atoms in total. The largest absolute Gasteiger partial charge is 0.382 e. The van der Waals surface area contributed by atoms with Crippen LogP contribution in [0.2, 0.25) is 0 Å². The molecule has 7 heteroatoms. The summed E-state index contributed by atoms with van der Waals surface area (Å²) >= 11 is 0. The van der Waals surface area contributed by atoms with Crippen LogP contribution in [0.15, 0.2) is 16.7 Å². The van der Waals surface area contributed by atoms with Crippen molar-refractivity contribution in [1.82, 2.24) is 20.3 Å². The van der Waals surface area contributed by atoms with E-state index in [9.17, 15) is 0 Å². The first kappa shape index (κ1) is 9.38. The number of nitrogens with zero attached hydrogens (tertiary/aromatic N) is 4. The van der Waals surface area contributed by atoms with Crippen molar-refractivity contribution < 1.29 is 4.52 Å². The first-order chi connectivity index (χ1) is 7.24. The number of nitrogens with two attached hydrogens (primary N) is 1. The fourth-order valence-electron chi connectivity index (χ4n) is 1.01. The van der Waals surface area contributed by atoms with Crippen LogP contribution in [0.3, 0.4) is 0 Å². The highest BCUT2D eigenvalue weighted by molar-refractivity contribution is 5.38. The second-order valence-electron chi connectivity index (χ2n) is 2.93. The lowest BCUT2D eigenvalue weighted by Gasteiger charge is -2.00. The second-order valence-corrected chi connectivity index (χ2v) is 2.93. The quantitative estimate of drug-likeness (QED) is 0.747. The first-order valence-corrected chi connectivity index (χ1v) is 4.36. The van der Waals surface area contributed by atoms with Gasteiger partial charge >= 0.3 is 0 Å². The van der Waals surface area contributed by atoms with Gasteiger partial charge in [-0.15, -0.1) is 10.2 Å². The summed E-state index contributed by atoms with van der Waals surface area (Å²) in [5.41, 5.74) is 5.40.